The molecule has 1 heterocycles. The third-order valence-electron chi connectivity index (χ3n) is 4.25. The predicted octanol–water partition coefficient (Wildman–Crippen LogP) is 3.66. The molecule has 0 saturated carbocycles. The molecule has 1 atom stereocenters. The van der Waals surface area contributed by atoms with Crippen molar-refractivity contribution < 1.29 is 19.1 Å². The second kappa shape index (κ2) is 8.71. The zero-order valence-electron chi connectivity index (χ0n) is 15.2. The quantitative estimate of drug-likeness (QED) is 0.630. The molecular weight excluding hydrogens is 380 g/mol. The first-order chi connectivity index (χ1) is 13.4. The van der Waals surface area contributed by atoms with Gasteiger partial charge in [0.15, 0.2) is 6.61 Å². The van der Waals surface area contributed by atoms with Crippen LogP contribution in [0, 0.1) is 0 Å². The van der Waals surface area contributed by atoms with E-state index in [0.29, 0.717) is 16.4 Å². The number of nitrogens with one attached hydrogen (secondary N) is 1. The molecule has 0 bridgehead atoms. The molecule has 0 radical (unpaired) electrons. The SMILES string of the molecule is C[C@@H]1CC(=O)Nc2ccccc2N1C(=O)COC(=O)/C=C/c1ccc(Cl)cc1. The van der Waals surface area contributed by atoms with Gasteiger partial charge < -0.3 is 15.0 Å². The molecule has 0 spiro atoms. The maximum atomic E-state index is 12.7. The first kappa shape index (κ1) is 19.6. The molecule has 0 saturated heterocycles. The Morgan fingerprint density at radius 2 is 1.93 bits per heavy atom. The fourth-order valence-corrected chi connectivity index (χ4v) is 3.08. The van der Waals surface area contributed by atoms with Gasteiger partial charge in [-0.15, -0.1) is 0 Å². The normalized spacial score (nSPS) is 16.3. The number of halogens is 1. The molecule has 0 aromatic heterocycles. The molecule has 0 unspecified atom stereocenters. The lowest BCUT2D eigenvalue weighted by Crippen LogP contribution is -2.41. The number of hydrogen-bond donors (Lipinski definition) is 1. The van der Waals surface area contributed by atoms with Gasteiger partial charge in [-0.05, 0) is 42.8 Å². The van der Waals surface area contributed by atoms with Crippen molar-refractivity contribution in [3.05, 3.63) is 65.2 Å². The van der Waals surface area contributed by atoms with Crippen LogP contribution in [0.15, 0.2) is 54.6 Å². The van der Waals surface area contributed by atoms with Gasteiger partial charge in [-0.2, -0.15) is 0 Å². The molecule has 0 fully saturated rings. The third kappa shape index (κ3) is 4.78. The number of fused-ring (bicyclic) bond motifs is 1. The summed E-state index contributed by atoms with van der Waals surface area (Å²) in [6, 6.07) is 13.6. The molecule has 144 valence electrons. The van der Waals surface area contributed by atoms with E-state index in [9.17, 15) is 14.4 Å². The number of amides is 2. The molecule has 1 aliphatic heterocycles. The number of anilines is 2. The summed E-state index contributed by atoms with van der Waals surface area (Å²) in [5.41, 5.74) is 1.92. The van der Waals surface area contributed by atoms with Crippen LogP contribution in [0.5, 0.6) is 0 Å². The highest BCUT2D eigenvalue weighted by Crippen LogP contribution is 2.31. The number of ether oxygens (including phenoxy) is 1. The number of esters is 1. The molecule has 0 aliphatic carbocycles. The van der Waals surface area contributed by atoms with Gasteiger partial charge in [0.2, 0.25) is 5.91 Å². The van der Waals surface area contributed by atoms with Crippen LogP contribution in [-0.4, -0.2) is 30.4 Å². The standard InChI is InChI=1S/C21H19ClN2O4/c1-14-12-19(25)23-17-4-2-3-5-18(17)24(14)20(26)13-28-21(27)11-8-15-6-9-16(22)10-7-15/h2-11,14H,12-13H2,1H3,(H,23,25)/b11-8+/t14-/m1/s1. The molecule has 2 amide bonds. The monoisotopic (exact) mass is 398 g/mol. The van der Waals surface area contributed by atoms with Crippen molar-refractivity contribution in [3.63, 3.8) is 0 Å². The summed E-state index contributed by atoms with van der Waals surface area (Å²) in [6.07, 6.45) is 2.99. The Balaban J connectivity index is 1.66. The summed E-state index contributed by atoms with van der Waals surface area (Å²) in [7, 11) is 0. The Labute approximate surface area is 167 Å². The van der Waals surface area contributed by atoms with Crippen molar-refractivity contribution in [2.75, 3.05) is 16.8 Å². The number of carbonyl (C=O) groups excluding carboxylic acids is 3. The molecule has 7 heteroatoms. The van der Waals surface area contributed by atoms with Crippen molar-refractivity contribution in [1.82, 2.24) is 0 Å². The lowest BCUT2D eigenvalue weighted by molar-refractivity contribution is -0.143. The van der Waals surface area contributed by atoms with E-state index in [1.165, 1.54) is 11.0 Å². The first-order valence-corrected chi connectivity index (χ1v) is 9.13. The van der Waals surface area contributed by atoms with Gasteiger partial charge in [0.05, 0.1) is 11.4 Å². The maximum Gasteiger partial charge on any atom is 0.331 e. The van der Waals surface area contributed by atoms with E-state index in [4.69, 9.17) is 16.3 Å². The summed E-state index contributed by atoms with van der Waals surface area (Å²) < 4.78 is 5.09. The summed E-state index contributed by atoms with van der Waals surface area (Å²) >= 11 is 5.82. The third-order valence-corrected chi connectivity index (χ3v) is 4.50. The fourth-order valence-electron chi connectivity index (χ4n) is 2.96. The Morgan fingerprint density at radius 3 is 2.68 bits per heavy atom. The average Bonchev–Trinajstić information content (AvgIpc) is 2.79. The van der Waals surface area contributed by atoms with Crippen LogP contribution in [0.3, 0.4) is 0 Å². The molecule has 28 heavy (non-hydrogen) atoms. The first-order valence-electron chi connectivity index (χ1n) is 8.75. The van der Waals surface area contributed by atoms with Crippen LogP contribution in [0.25, 0.3) is 6.08 Å². The molecule has 1 aliphatic rings. The van der Waals surface area contributed by atoms with Gasteiger partial charge in [0.1, 0.15) is 0 Å². The lowest BCUT2D eigenvalue weighted by atomic mass is 10.1. The minimum atomic E-state index is -0.631. The minimum Gasteiger partial charge on any atom is -0.452 e. The van der Waals surface area contributed by atoms with E-state index in [1.54, 1.807) is 61.5 Å². The van der Waals surface area contributed by atoms with E-state index >= 15 is 0 Å². The summed E-state index contributed by atoms with van der Waals surface area (Å²) in [6.45, 7) is 1.36. The predicted molar refractivity (Wildman–Crippen MR) is 108 cm³/mol. The average molecular weight is 399 g/mol. The van der Waals surface area contributed by atoms with Gasteiger partial charge in [-0.3, -0.25) is 9.59 Å². The van der Waals surface area contributed by atoms with E-state index in [2.05, 4.69) is 5.32 Å². The van der Waals surface area contributed by atoms with Crippen LogP contribution in [0.4, 0.5) is 11.4 Å². The Bertz CT molecular complexity index is 924. The largest absolute Gasteiger partial charge is 0.452 e. The Hall–Kier alpha value is -3.12. The number of rotatable bonds is 4. The van der Waals surface area contributed by atoms with Gasteiger partial charge >= 0.3 is 5.97 Å². The second-order valence-electron chi connectivity index (χ2n) is 6.37. The zero-order chi connectivity index (χ0) is 20.1. The number of hydrogen-bond acceptors (Lipinski definition) is 4. The molecule has 2 aromatic carbocycles. The zero-order valence-corrected chi connectivity index (χ0v) is 16.0. The highest BCUT2D eigenvalue weighted by molar-refractivity contribution is 6.30. The van der Waals surface area contributed by atoms with Gasteiger partial charge in [-0.1, -0.05) is 35.9 Å². The van der Waals surface area contributed by atoms with E-state index in [-0.39, 0.29) is 18.4 Å². The van der Waals surface area contributed by atoms with E-state index in [0.717, 1.165) is 5.56 Å². The minimum absolute atomic E-state index is 0.158. The molecule has 3 rings (SSSR count). The van der Waals surface area contributed by atoms with E-state index in [1.807, 2.05) is 0 Å². The number of benzene rings is 2. The van der Waals surface area contributed by atoms with Crippen LogP contribution >= 0.6 is 11.6 Å². The molecule has 1 N–H and O–H groups in total. The highest BCUT2D eigenvalue weighted by Gasteiger charge is 2.29. The van der Waals surface area contributed by atoms with Gasteiger partial charge in [-0.25, -0.2) is 4.79 Å². The molecule has 2 aromatic rings. The van der Waals surface area contributed by atoms with Crippen molar-refractivity contribution in [1.29, 1.82) is 0 Å². The van der Waals surface area contributed by atoms with Crippen LogP contribution < -0.4 is 10.2 Å². The van der Waals surface area contributed by atoms with Crippen molar-refractivity contribution in [2.45, 2.75) is 19.4 Å². The van der Waals surface area contributed by atoms with Crippen molar-refractivity contribution in [2.24, 2.45) is 0 Å². The fraction of sp³-hybridized carbons (Fsp3) is 0.190. The Kier molecular flexibility index (Phi) is 6.11. The van der Waals surface area contributed by atoms with Crippen LogP contribution in [0.1, 0.15) is 18.9 Å². The summed E-state index contributed by atoms with van der Waals surface area (Å²) in [5, 5.41) is 3.39. The van der Waals surface area contributed by atoms with Crippen molar-refractivity contribution in [3.8, 4) is 0 Å². The Morgan fingerprint density at radius 1 is 1.21 bits per heavy atom. The topological polar surface area (TPSA) is 75.7 Å². The van der Waals surface area contributed by atoms with Crippen LogP contribution in [-0.2, 0) is 19.1 Å². The van der Waals surface area contributed by atoms with Crippen molar-refractivity contribution >= 4 is 46.8 Å². The summed E-state index contributed by atoms with van der Waals surface area (Å²) in [4.78, 5) is 38.1. The van der Waals surface area contributed by atoms with Crippen LogP contribution in [0.2, 0.25) is 5.02 Å². The molecule has 6 nitrogen and oxygen atoms in total. The van der Waals surface area contributed by atoms with Gasteiger partial charge in [0, 0.05) is 23.6 Å². The lowest BCUT2D eigenvalue weighted by Gasteiger charge is -2.27. The molecular formula is C21H19ClN2O4. The van der Waals surface area contributed by atoms with Gasteiger partial charge in [0.25, 0.3) is 5.91 Å². The second-order valence-corrected chi connectivity index (χ2v) is 6.81. The maximum absolute atomic E-state index is 12.7. The highest BCUT2D eigenvalue weighted by atomic mass is 35.5. The smallest absolute Gasteiger partial charge is 0.331 e. The number of para-hydroxylation sites is 2. The number of carbonyl (C=O) groups is 3. The summed E-state index contributed by atoms with van der Waals surface area (Å²) in [5.74, 6) is -1.20. The number of nitrogens with zero attached hydrogens (tertiary/aromatic N) is 1. The van der Waals surface area contributed by atoms with E-state index < -0.39 is 18.5 Å².